The third-order valence-corrected chi connectivity index (χ3v) is 11.0. The Kier molecular flexibility index (Phi) is 6.57. The van der Waals surface area contributed by atoms with Crippen molar-refractivity contribution >= 4 is 45.0 Å². The first kappa shape index (κ1) is 27.1. The highest BCUT2D eigenvalue weighted by molar-refractivity contribution is 7.91. The van der Waals surface area contributed by atoms with Crippen molar-refractivity contribution in [3.8, 4) is 11.3 Å². The van der Waals surface area contributed by atoms with Crippen LogP contribution in [0.3, 0.4) is 0 Å². The summed E-state index contributed by atoms with van der Waals surface area (Å²) in [5.74, 6) is 0.484. The summed E-state index contributed by atoms with van der Waals surface area (Å²) in [6.07, 6.45) is 4.95. The van der Waals surface area contributed by atoms with Crippen LogP contribution < -0.4 is 9.62 Å². The zero-order valence-corrected chi connectivity index (χ0v) is 24.2. The van der Waals surface area contributed by atoms with E-state index in [1.54, 1.807) is 30.3 Å². The SMILES string of the molecule is O=C(NS(=O)(=O)C1CC1)c1ccc(N2C[C@@H]3C[C@H]2C[C@H]3OCc2c(-c3c(Cl)cccc3Cl)noc2C2(F)CC2)nc1. The molecule has 13 heteroatoms. The second kappa shape index (κ2) is 9.93. The van der Waals surface area contributed by atoms with Crippen molar-refractivity contribution in [2.45, 2.75) is 68.2 Å². The Morgan fingerprint density at radius 3 is 2.54 bits per heavy atom. The van der Waals surface area contributed by atoms with Gasteiger partial charge in [-0.2, -0.15) is 0 Å². The van der Waals surface area contributed by atoms with E-state index >= 15 is 4.39 Å². The van der Waals surface area contributed by atoms with Gasteiger partial charge in [-0.15, -0.1) is 0 Å². The van der Waals surface area contributed by atoms with Crippen LogP contribution in [0.2, 0.25) is 10.0 Å². The Balaban J connectivity index is 1.02. The molecule has 3 heterocycles. The number of nitrogens with one attached hydrogen (secondary N) is 1. The molecule has 2 aromatic heterocycles. The number of benzene rings is 1. The van der Waals surface area contributed by atoms with E-state index in [1.165, 1.54) is 6.20 Å². The molecule has 1 aliphatic heterocycles. The van der Waals surface area contributed by atoms with Crippen LogP contribution in [0.4, 0.5) is 10.2 Å². The highest BCUT2D eigenvalue weighted by Crippen LogP contribution is 2.53. The van der Waals surface area contributed by atoms with Gasteiger partial charge in [0.25, 0.3) is 5.91 Å². The second-order valence-electron chi connectivity index (χ2n) is 11.4. The first-order chi connectivity index (χ1) is 19.6. The standard InChI is InChI=1S/C28H27Cl2FN4O5S/c29-20-2-1-3-21(30)24(20)25-19(26(40-33-25)28(31)8-9-28)14-39-22-11-17-10-16(22)13-35(17)23-7-4-15(12-32-23)27(36)34-41(37,38)18-5-6-18/h1-4,7,12,16-18,22H,5-6,8-11,13-14H2,(H,34,36)/t16-,17-,22+/m0/s1. The fourth-order valence-corrected chi connectivity index (χ4v) is 7.85. The summed E-state index contributed by atoms with van der Waals surface area (Å²) in [4.78, 5) is 19.0. The van der Waals surface area contributed by atoms with E-state index < -0.39 is 26.8 Å². The molecule has 3 aromatic rings. The predicted octanol–water partition coefficient (Wildman–Crippen LogP) is 5.41. The molecule has 1 aromatic carbocycles. The van der Waals surface area contributed by atoms with Gasteiger partial charge >= 0.3 is 0 Å². The zero-order valence-electron chi connectivity index (χ0n) is 21.9. The van der Waals surface area contributed by atoms with Crippen molar-refractivity contribution < 1.29 is 26.9 Å². The van der Waals surface area contributed by atoms with Crippen LogP contribution in [0.1, 0.15) is 60.2 Å². The lowest BCUT2D eigenvalue weighted by Crippen LogP contribution is -2.39. The highest BCUT2D eigenvalue weighted by atomic mass is 35.5. The van der Waals surface area contributed by atoms with E-state index in [9.17, 15) is 13.2 Å². The summed E-state index contributed by atoms with van der Waals surface area (Å²) < 4.78 is 53.4. The van der Waals surface area contributed by atoms with E-state index in [0.29, 0.717) is 52.5 Å². The summed E-state index contributed by atoms with van der Waals surface area (Å²) in [6, 6.07) is 8.69. The zero-order chi connectivity index (χ0) is 28.5. The smallest absolute Gasteiger partial charge is 0.266 e. The molecule has 1 saturated heterocycles. The van der Waals surface area contributed by atoms with Crippen molar-refractivity contribution in [2.24, 2.45) is 5.92 Å². The second-order valence-corrected chi connectivity index (χ2v) is 14.1. The van der Waals surface area contributed by atoms with Gasteiger partial charge in [0.05, 0.1) is 39.1 Å². The average molecular weight is 622 g/mol. The van der Waals surface area contributed by atoms with Crippen molar-refractivity contribution in [1.82, 2.24) is 14.9 Å². The predicted molar refractivity (Wildman–Crippen MR) is 150 cm³/mol. The number of halogens is 3. The molecule has 3 saturated carbocycles. The van der Waals surface area contributed by atoms with Crippen LogP contribution in [0.15, 0.2) is 41.1 Å². The number of rotatable bonds is 9. The number of amides is 1. The van der Waals surface area contributed by atoms with E-state index in [4.69, 9.17) is 32.5 Å². The molecule has 0 radical (unpaired) electrons. The number of carbonyl (C=O) groups excluding carboxylic acids is 1. The number of alkyl halides is 1. The molecule has 4 fully saturated rings. The van der Waals surface area contributed by atoms with Gasteiger partial charge in [0, 0.05) is 30.3 Å². The van der Waals surface area contributed by atoms with Crippen molar-refractivity contribution in [2.75, 3.05) is 11.4 Å². The molecule has 9 nitrogen and oxygen atoms in total. The van der Waals surface area contributed by atoms with Gasteiger partial charge in [0.2, 0.25) is 10.0 Å². The number of nitrogens with zero attached hydrogens (tertiary/aromatic N) is 3. The number of hydrogen-bond acceptors (Lipinski definition) is 8. The molecule has 3 aliphatic carbocycles. The Morgan fingerprint density at radius 2 is 1.93 bits per heavy atom. The molecular formula is C28H27Cl2FN4O5S. The topological polar surface area (TPSA) is 115 Å². The molecule has 4 aliphatic rings. The Hall–Kier alpha value is -2.73. The number of hydrogen-bond donors (Lipinski definition) is 1. The normalized spacial score (nSPS) is 24.6. The van der Waals surface area contributed by atoms with Crippen LogP contribution in [0.25, 0.3) is 11.3 Å². The third-order valence-electron chi connectivity index (χ3n) is 8.50. The van der Waals surface area contributed by atoms with E-state index in [2.05, 4.69) is 19.8 Å². The van der Waals surface area contributed by atoms with Crippen molar-refractivity contribution in [3.63, 3.8) is 0 Å². The van der Waals surface area contributed by atoms with Gasteiger partial charge in [-0.05, 0) is 62.8 Å². The molecule has 2 bridgehead atoms. The lowest BCUT2D eigenvalue weighted by atomic mass is 10.0. The average Bonchev–Trinajstić information content (AvgIpc) is 3.81. The first-order valence-electron chi connectivity index (χ1n) is 13.7. The minimum atomic E-state index is -3.62. The summed E-state index contributed by atoms with van der Waals surface area (Å²) in [7, 11) is -3.62. The Morgan fingerprint density at radius 1 is 1.17 bits per heavy atom. The number of aromatic nitrogens is 2. The summed E-state index contributed by atoms with van der Waals surface area (Å²) in [6.45, 7) is 0.845. The molecule has 216 valence electrons. The number of fused-ring (bicyclic) bond motifs is 2. The number of sulfonamides is 1. The van der Waals surface area contributed by atoms with Crippen LogP contribution in [0.5, 0.6) is 0 Å². The molecule has 3 atom stereocenters. The summed E-state index contributed by atoms with van der Waals surface area (Å²) in [5.41, 5.74) is 0.103. The number of carbonyl (C=O) groups is 1. The van der Waals surface area contributed by atoms with Gasteiger partial charge in [-0.25, -0.2) is 22.5 Å². The quantitative estimate of drug-likeness (QED) is 0.338. The lowest BCUT2D eigenvalue weighted by molar-refractivity contribution is 0.0113. The van der Waals surface area contributed by atoms with E-state index in [1.807, 2.05) is 0 Å². The number of piperidine rings is 1. The third kappa shape index (κ3) is 5.00. The fraction of sp³-hybridized carbons (Fsp3) is 0.464. The fourth-order valence-electron chi connectivity index (χ4n) is 5.97. The maximum absolute atomic E-state index is 15.2. The minimum absolute atomic E-state index is 0.0407. The maximum Gasteiger partial charge on any atom is 0.266 e. The monoisotopic (exact) mass is 620 g/mol. The Labute approximate surface area is 246 Å². The molecule has 0 unspecified atom stereocenters. The Bertz CT molecular complexity index is 1600. The summed E-state index contributed by atoms with van der Waals surface area (Å²) >= 11 is 12.9. The van der Waals surface area contributed by atoms with Gasteiger partial charge in [0.15, 0.2) is 11.4 Å². The molecule has 0 spiro atoms. The molecule has 1 N–H and O–H groups in total. The molecule has 1 amide bonds. The van der Waals surface area contributed by atoms with Crippen LogP contribution >= 0.6 is 23.2 Å². The highest BCUT2D eigenvalue weighted by Gasteiger charge is 2.52. The lowest BCUT2D eigenvalue weighted by Gasteiger charge is -2.32. The van der Waals surface area contributed by atoms with Gasteiger partial charge in [0.1, 0.15) is 11.5 Å². The van der Waals surface area contributed by atoms with E-state index in [-0.39, 0.29) is 36.0 Å². The van der Waals surface area contributed by atoms with Gasteiger partial charge in [-0.1, -0.05) is 34.4 Å². The molecular weight excluding hydrogens is 594 g/mol. The van der Waals surface area contributed by atoms with Crippen molar-refractivity contribution in [3.05, 3.63) is 63.5 Å². The molecule has 41 heavy (non-hydrogen) atoms. The maximum atomic E-state index is 15.2. The van der Waals surface area contributed by atoms with Gasteiger partial charge in [-0.3, -0.25) is 4.79 Å². The molecule has 7 rings (SSSR count). The number of anilines is 1. The van der Waals surface area contributed by atoms with E-state index in [0.717, 1.165) is 25.2 Å². The van der Waals surface area contributed by atoms with Crippen LogP contribution in [-0.2, 0) is 27.0 Å². The number of pyridine rings is 1. The summed E-state index contributed by atoms with van der Waals surface area (Å²) in [5, 5.41) is 4.50. The minimum Gasteiger partial charge on any atom is -0.373 e. The number of ether oxygens (including phenoxy) is 1. The van der Waals surface area contributed by atoms with Crippen LogP contribution in [0, 0.1) is 5.92 Å². The van der Waals surface area contributed by atoms with Crippen molar-refractivity contribution in [1.29, 1.82) is 0 Å². The largest absolute Gasteiger partial charge is 0.373 e. The van der Waals surface area contributed by atoms with Crippen LogP contribution in [-0.4, -0.2) is 48.4 Å². The van der Waals surface area contributed by atoms with Gasteiger partial charge < -0.3 is 14.2 Å². The first-order valence-corrected chi connectivity index (χ1v) is 16.0.